The summed E-state index contributed by atoms with van der Waals surface area (Å²) in [6.45, 7) is 3.85. The normalized spacial score (nSPS) is 11.6. The van der Waals surface area contributed by atoms with Crippen molar-refractivity contribution in [2.45, 2.75) is 18.7 Å². The van der Waals surface area contributed by atoms with Gasteiger partial charge in [0.2, 0.25) is 10.0 Å². The van der Waals surface area contributed by atoms with Crippen molar-refractivity contribution in [1.29, 1.82) is 0 Å². The molecule has 156 valence electrons. The molecule has 29 heavy (non-hydrogen) atoms. The molecule has 0 radical (unpaired) electrons. The monoisotopic (exact) mass is 419 g/mol. The summed E-state index contributed by atoms with van der Waals surface area (Å²) in [5.74, 6) is 0.600. The number of nitrogens with zero attached hydrogens (tertiary/aromatic N) is 2. The number of hydrazone groups is 1. The van der Waals surface area contributed by atoms with E-state index >= 15 is 0 Å². The molecular weight excluding hydrogens is 394 g/mol. The smallest absolute Gasteiger partial charge is 0.255 e. The van der Waals surface area contributed by atoms with Crippen LogP contribution in [0.5, 0.6) is 11.5 Å². The number of likely N-dealkylation sites (N-methyl/N-ethyl adjacent to an activating group) is 1. The maximum atomic E-state index is 12.5. The summed E-state index contributed by atoms with van der Waals surface area (Å²) >= 11 is 0. The molecule has 9 heteroatoms. The molecule has 1 amide bonds. The second-order valence-corrected chi connectivity index (χ2v) is 8.26. The fourth-order valence-corrected chi connectivity index (χ4v) is 3.56. The third-order valence-electron chi connectivity index (χ3n) is 3.99. The Hall–Kier alpha value is -2.91. The molecule has 0 aliphatic carbocycles. The molecular formula is C20H25N3O5S. The lowest BCUT2D eigenvalue weighted by Crippen LogP contribution is -2.36. The Labute approximate surface area is 171 Å². The van der Waals surface area contributed by atoms with Crippen molar-refractivity contribution in [2.24, 2.45) is 5.10 Å². The quantitative estimate of drug-likeness (QED) is 0.496. The maximum Gasteiger partial charge on any atom is 0.255 e. The molecule has 0 saturated carbocycles. The second-order valence-electron chi connectivity index (χ2n) is 6.21. The number of hydrogen-bond donors (Lipinski definition) is 1. The van der Waals surface area contributed by atoms with E-state index < -0.39 is 15.9 Å². The van der Waals surface area contributed by atoms with Crippen LogP contribution in [0.25, 0.3) is 0 Å². The number of methoxy groups -OCH3 is 1. The van der Waals surface area contributed by atoms with Crippen LogP contribution >= 0.6 is 0 Å². The van der Waals surface area contributed by atoms with Gasteiger partial charge in [-0.15, -0.1) is 0 Å². The zero-order chi connectivity index (χ0) is 21.4. The first-order valence-corrected chi connectivity index (χ1v) is 10.4. The number of rotatable bonds is 9. The third-order valence-corrected chi connectivity index (χ3v) is 5.80. The van der Waals surface area contributed by atoms with Gasteiger partial charge in [0.25, 0.3) is 5.91 Å². The van der Waals surface area contributed by atoms with Crippen LogP contribution in [0.15, 0.2) is 52.5 Å². The van der Waals surface area contributed by atoms with Crippen LogP contribution in [-0.2, 0) is 14.8 Å². The van der Waals surface area contributed by atoms with Gasteiger partial charge < -0.3 is 9.47 Å². The first-order chi connectivity index (χ1) is 13.8. The average molecular weight is 420 g/mol. The highest BCUT2D eigenvalue weighted by atomic mass is 32.2. The number of ether oxygens (including phenoxy) is 2. The lowest BCUT2D eigenvalue weighted by Gasteiger charge is -2.16. The molecule has 0 heterocycles. The minimum absolute atomic E-state index is 0.128. The fraction of sp³-hybridized carbons (Fsp3) is 0.300. The Kier molecular flexibility index (Phi) is 7.74. The fourth-order valence-electron chi connectivity index (χ4n) is 2.43. The van der Waals surface area contributed by atoms with Gasteiger partial charge in [-0.1, -0.05) is 17.7 Å². The zero-order valence-electron chi connectivity index (χ0n) is 16.9. The Balaban J connectivity index is 1.98. The molecule has 0 fully saturated rings. The van der Waals surface area contributed by atoms with Gasteiger partial charge in [-0.25, -0.2) is 13.8 Å². The molecule has 8 nitrogen and oxygen atoms in total. The number of sulfonamides is 1. The van der Waals surface area contributed by atoms with E-state index in [0.717, 1.165) is 9.87 Å². The minimum Gasteiger partial charge on any atom is -0.493 e. The summed E-state index contributed by atoms with van der Waals surface area (Å²) in [4.78, 5) is 12.2. The summed E-state index contributed by atoms with van der Waals surface area (Å²) in [6, 6.07) is 11.6. The van der Waals surface area contributed by atoms with Crippen molar-refractivity contribution in [3.8, 4) is 11.5 Å². The number of benzene rings is 2. The molecule has 0 aromatic heterocycles. The van der Waals surface area contributed by atoms with E-state index in [2.05, 4.69) is 10.5 Å². The third kappa shape index (κ3) is 6.03. The maximum absolute atomic E-state index is 12.5. The number of carbonyl (C=O) groups is 1. The summed E-state index contributed by atoms with van der Waals surface area (Å²) in [7, 11) is -0.865. The van der Waals surface area contributed by atoms with Crippen molar-refractivity contribution in [2.75, 3.05) is 27.3 Å². The molecule has 0 unspecified atom stereocenters. The molecule has 2 aromatic carbocycles. The van der Waals surface area contributed by atoms with Gasteiger partial charge in [0.05, 0.1) is 31.4 Å². The lowest BCUT2D eigenvalue weighted by atomic mass is 10.2. The highest BCUT2D eigenvalue weighted by molar-refractivity contribution is 7.89. The number of hydrogen-bond acceptors (Lipinski definition) is 6. The highest BCUT2D eigenvalue weighted by Gasteiger charge is 2.22. The molecule has 0 aliphatic rings. The molecule has 1 N–H and O–H groups in total. The summed E-state index contributed by atoms with van der Waals surface area (Å²) in [5, 5.41) is 3.88. The predicted octanol–water partition coefficient (Wildman–Crippen LogP) is 2.17. The van der Waals surface area contributed by atoms with Crippen LogP contribution in [0.3, 0.4) is 0 Å². The Bertz CT molecular complexity index is 972. The van der Waals surface area contributed by atoms with E-state index in [9.17, 15) is 13.2 Å². The lowest BCUT2D eigenvalue weighted by molar-refractivity contribution is -0.121. The van der Waals surface area contributed by atoms with Gasteiger partial charge in [0.1, 0.15) is 0 Å². The van der Waals surface area contributed by atoms with Gasteiger partial charge in [-0.05, 0) is 49.7 Å². The number of carbonyl (C=O) groups excluding carboxylic acids is 1. The second kappa shape index (κ2) is 10.0. The minimum atomic E-state index is -3.76. The van der Waals surface area contributed by atoms with Crippen LogP contribution < -0.4 is 14.9 Å². The number of amides is 1. The van der Waals surface area contributed by atoms with Gasteiger partial charge >= 0.3 is 0 Å². The van der Waals surface area contributed by atoms with E-state index in [0.29, 0.717) is 23.7 Å². The molecule has 0 spiro atoms. The molecule has 0 bridgehead atoms. The molecule has 0 atom stereocenters. The summed E-state index contributed by atoms with van der Waals surface area (Å²) in [5.41, 5.74) is 3.97. The highest BCUT2D eigenvalue weighted by Crippen LogP contribution is 2.27. The first kappa shape index (κ1) is 22.4. The topological polar surface area (TPSA) is 97.3 Å². The van der Waals surface area contributed by atoms with E-state index in [-0.39, 0.29) is 11.4 Å². The molecule has 0 aliphatic heterocycles. The first-order valence-electron chi connectivity index (χ1n) is 8.93. The number of aryl methyl sites for hydroxylation is 1. The summed E-state index contributed by atoms with van der Waals surface area (Å²) < 4.78 is 36.7. The standard InChI is InChI=1S/C20H25N3O5S/c1-5-28-19-12-16(8-11-18(19)27-4)13-21-22-20(24)14-23(3)29(25,26)17-9-6-15(2)7-10-17/h6-13H,5,14H2,1-4H3,(H,22,24)/b21-13-. The van der Waals surface area contributed by atoms with Crippen LogP contribution in [0, 0.1) is 6.92 Å². The predicted molar refractivity (Wildman–Crippen MR) is 111 cm³/mol. The van der Waals surface area contributed by atoms with Gasteiger partial charge in [-0.3, -0.25) is 4.79 Å². The Morgan fingerprint density at radius 3 is 2.48 bits per heavy atom. The van der Waals surface area contributed by atoms with Crippen LogP contribution in [0.2, 0.25) is 0 Å². The van der Waals surface area contributed by atoms with Crippen molar-refractivity contribution in [1.82, 2.24) is 9.73 Å². The van der Waals surface area contributed by atoms with E-state index in [1.807, 2.05) is 13.8 Å². The van der Waals surface area contributed by atoms with Crippen molar-refractivity contribution in [3.63, 3.8) is 0 Å². The van der Waals surface area contributed by atoms with Gasteiger partial charge in [0, 0.05) is 7.05 Å². The van der Waals surface area contributed by atoms with Crippen molar-refractivity contribution >= 4 is 22.1 Å². The molecule has 2 rings (SSSR count). The SMILES string of the molecule is CCOc1cc(/C=N\NC(=O)CN(C)S(=O)(=O)c2ccc(C)cc2)ccc1OC. The van der Waals surface area contributed by atoms with E-state index in [4.69, 9.17) is 9.47 Å². The number of nitrogens with one attached hydrogen (secondary N) is 1. The average Bonchev–Trinajstić information content (AvgIpc) is 2.68. The molecule has 2 aromatic rings. The van der Waals surface area contributed by atoms with Gasteiger partial charge in [0.15, 0.2) is 11.5 Å². The van der Waals surface area contributed by atoms with Crippen molar-refractivity contribution in [3.05, 3.63) is 53.6 Å². The summed E-state index contributed by atoms with van der Waals surface area (Å²) in [6.07, 6.45) is 1.44. The Morgan fingerprint density at radius 1 is 1.17 bits per heavy atom. The van der Waals surface area contributed by atoms with Crippen LogP contribution in [0.1, 0.15) is 18.1 Å². The zero-order valence-corrected chi connectivity index (χ0v) is 17.7. The Morgan fingerprint density at radius 2 is 1.86 bits per heavy atom. The largest absolute Gasteiger partial charge is 0.493 e. The van der Waals surface area contributed by atoms with Crippen LogP contribution in [-0.4, -0.2) is 52.2 Å². The molecule has 0 saturated heterocycles. The van der Waals surface area contributed by atoms with E-state index in [1.54, 1.807) is 37.4 Å². The van der Waals surface area contributed by atoms with Crippen molar-refractivity contribution < 1.29 is 22.7 Å². The van der Waals surface area contributed by atoms with Crippen LogP contribution in [0.4, 0.5) is 0 Å². The van der Waals surface area contributed by atoms with Gasteiger partial charge in [-0.2, -0.15) is 9.41 Å². The van der Waals surface area contributed by atoms with E-state index in [1.165, 1.54) is 25.4 Å².